The molecule has 0 bridgehead atoms. The molecule has 2 aliphatic rings. The van der Waals surface area contributed by atoms with E-state index in [9.17, 15) is 9.59 Å². The Balaban J connectivity index is 2.40. The van der Waals surface area contributed by atoms with Crippen molar-refractivity contribution >= 4 is 23.7 Å². The Bertz CT molecular complexity index is 339. The lowest BCUT2D eigenvalue weighted by Crippen LogP contribution is -2.29. The summed E-state index contributed by atoms with van der Waals surface area (Å²) in [5, 5.41) is 0. The van der Waals surface area contributed by atoms with Crippen molar-refractivity contribution in [2.45, 2.75) is 6.42 Å². The molecule has 0 aromatic heterocycles. The van der Waals surface area contributed by atoms with E-state index in [0.717, 1.165) is 0 Å². The molecule has 0 N–H and O–H groups in total. The van der Waals surface area contributed by atoms with Crippen molar-refractivity contribution in [1.82, 2.24) is 0 Å². The molecule has 0 fully saturated rings. The zero-order valence-corrected chi connectivity index (χ0v) is 6.23. The molecule has 2 rings (SSSR count). The lowest BCUT2D eigenvalue weighted by atomic mass is 9.90. The summed E-state index contributed by atoms with van der Waals surface area (Å²) in [6.45, 7) is 0. The van der Waals surface area contributed by atoms with Gasteiger partial charge in [-0.2, -0.15) is 0 Å². The van der Waals surface area contributed by atoms with Crippen LogP contribution in [0.15, 0.2) is 22.1 Å². The lowest BCUT2D eigenvalue weighted by molar-refractivity contribution is -0.123. The molecule has 1 aliphatic heterocycles. The Labute approximate surface area is 68.7 Å². The maximum atomic E-state index is 11.1. The lowest BCUT2D eigenvalue weighted by Gasteiger charge is -2.17. The first-order chi connectivity index (χ1) is 5.77. The minimum atomic E-state index is -0.424. The third kappa shape index (κ3) is 1.01. The Hall–Kier alpha value is -1.58. The molecule has 1 aliphatic carbocycles. The van der Waals surface area contributed by atoms with Gasteiger partial charge in [-0.1, -0.05) is 0 Å². The Morgan fingerprint density at radius 3 is 3.00 bits per heavy atom. The molecule has 0 aromatic carbocycles. The number of nitrogens with zero attached hydrogens (tertiary/aromatic N) is 2. The van der Waals surface area contributed by atoms with Crippen LogP contribution in [0, 0.1) is 5.92 Å². The van der Waals surface area contributed by atoms with Gasteiger partial charge in [-0.15, -0.1) is 0 Å². The molecule has 1 heterocycles. The van der Waals surface area contributed by atoms with E-state index in [4.69, 9.17) is 0 Å². The molecular formula is C8H6N2O2. The number of ketones is 1. The second kappa shape index (κ2) is 2.48. The highest BCUT2D eigenvalue weighted by atomic mass is 16.2. The largest absolute Gasteiger partial charge is 0.295 e. The van der Waals surface area contributed by atoms with Crippen LogP contribution >= 0.6 is 0 Å². The van der Waals surface area contributed by atoms with Crippen LogP contribution < -0.4 is 0 Å². The number of aliphatic imine (C=N–C) groups is 2. The number of rotatable bonds is 0. The molecule has 0 aromatic rings. The average molecular weight is 162 g/mol. The van der Waals surface area contributed by atoms with Crippen LogP contribution in [-0.2, 0) is 9.59 Å². The number of allylic oxidation sites excluding steroid dienone is 2. The summed E-state index contributed by atoms with van der Waals surface area (Å²) in [5.41, 5.74) is 0.648. The molecule has 4 heteroatoms. The smallest absolute Gasteiger partial charge is 0.256 e. The predicted octanol–water partition coefficient (Wildman–Crippen LogP) is 0.141. The maximum Gasteiger partial charge on any atom is 0.256 e. The second-order valence-electron chi connectivity index (χ2n) is 2.69. The highest BCUT2D eigenvalue weighted by Gasteiger charge is 2.29. The molecule has 12 heavy (non-hydrogen) atoms. The monoisotopic (exact) mass is 162 g/mol. The van der Waals surface area contributed by atoms with Crippen molar-refractivity contribution in [2.75, 3.05) is 0 Å². The highest BCUT2D eigenvalue weighted by molar-refractivity contribution is 6.21. The first-order valence-corrected chi connectivity index (χ1v) is 3.62. The van der Waals surface area contributed by atoms with E-state index in [1.807, 2.05) is 0 Å². The van der Waals surface area contributed by atoms with Crippen LogP contribution in [0.25, 0.3) is 0 Å². The van der Waals surface area contributed by atoms with Crippen molar-refractivity contribution in [3.63, 3.8) is 0 Å². The van der Waals surface area contributed by atoms with E-state index in [1.165, 1.54) is 12.4 Å². The summed E-state index contributed by atoms with van der Waals surface area (Å²) in [6, 6.07) is 0. The number of carbonyl (C=O) groups is 2. The molecule has 0 spiro atoms. The fourth-order valence-electron chi connectivity index (χ4n) is 1.26. The molecule has 0 radical (unpaired) electrons. The van der Waals surface area contributed by atoms with Crippen molar-refractivity contribution in [2.24, 2.45) is 15.9 Å². The van der Waals surface area contributed by atoms with Gasteiger partial charge >= 0.3 is 0 Å². The van der Waals surface area contributed by atoms with Crippen molar-refractivity contribution < 1.29 is 9.59 Å². The first-order valence-electron chi connectivity index (χ1n) is 3.62. The van der Waals surface area contributed by atoms with Crippen LogP contribution in [0.4, 0.5) is 0 Å². The van der Waals surface area contributed by atoms with Gasteiger partial charge in [-0.25, -0.2) is 9.98 Å². The fraction of sp³-hybridized carbons (Fsp3) is 0.250. The predicted molar refractivity (Wildman–Crippen MR) is 43.2 cm³/mol. The van der Waals surface area contributed by atoms with Gasteiger partial charge in [0.15, 0.2) is 5.78 Å². The number of hydrogen-bond acceptors (Lipinski definition) is 3. The van der Waals surface area contributed by atoms with Crippen molar-refractivity contribution in [3.8, 4) is 0 Å². The van der Waals surface area contributed by atoms with Gasteiger partial charge in [0.2, 0.25) is 0 Å². The summed E-state index contributed by atoms with van der Waals surface area (Å²) >= 11 is 0. The summed E-state index contributed by atoms with van der Waals surface area (Å²) < 4.78 is 0. The van der Waals surface area contributed by atoms with Crippen LogP contribution in [0.1, 0.15) is 6.42 Å². The van der Waals surface area contributed by atoms with Crippen LogP contribution in [-0.4, -0.2) is 23.7 Å². The van der Waals surface area contributed by atoms with E-state index in [2.05, 4.69) is 9.98 Å². The molecule has 1 atom stereocenters. The average Bonchev–Trinajstić information content (AvgIpc) is 2.07. The van der Waals surface area contributed by atoms with Crippen LogP contribution in [0.5, 0.6) is 0 Å². The SMILES string of the molecule is O=C1C=CC2=NC=NC(=O)C2C1. The Kier molecular flexibility index (Phi) is 1.46. The van der Waals surface area contributed by atoms with Crippen molar-refractivity contribution in [3.05, 3.63) is 12.2 Å². The van der Waals surface area contributed by atoms with E-state index in [-0.39, 0.29) is 18.1 Å². The number of fused-ring (bicyclic) bond motifs is 1. The third-order valence-corrected chi connectivity index (χ3v) is 1.89. The van der Waals surface area contributed by atoms with Crippen LogP contribution in [0.3, 0.4) is 0 Å². The van der Waals surface area contributed by atoms with Gasteiger partial charge in [-0.3, -0.25) is 9.59 Å². The molecule has 1 unspecified atom stereocenters. The number of amides is 1. The minimum absolute atomic E-state index is 0.0376. The Morgan fingerprint density at radius 2 is 2.17 bits per heavy atom. The zero-order chi connectivity index (χ0) is 8.55. The molecule has 4 nitrogen and oxygen atoms in total. The van der Waals surface area contributed by atoms with Gasteiger partial charge in [0.05, 0.1) is 11.6 Å². The molecule has 60 valence electrons. The minimum Gasteiger partial charge on any atom is -0.295 e. The van der Waals surface area contributed by atoms with Crippen LogP contribution in [0.2, 0.25) is 0 Å². The Morgan fingerprint density at radius 1 is 1.33 bits per heavy atom. The van der Waals surface area contributed by atoms with Gasteiger partial charge < -0.3 is 0 Å². The molecule has 1 amide bonds. The summed E-state index contributed by atoms with van der Waals surface area (Å²) in [4.78, 5) is 29.4. The van der Waals surface area contributed by atoms with E-state index in [0.29, 0.717) is 5.71 Å². The number of carbonyl (C=O) groups excluding carboxylic acids is 2. The third-order valence-electron chi connectivity index (χ3n) is 1.89. The molecule has 0 saturated heterocycles. The number of hydrogen-bond donors (Lipinski definition) is 0. The van der Waals surface area contributed by atoms with Gasteiger partial charge in [-0.05, 0) is 12.2 Å². The van der Waals surface area contributed by atoms with E-state index >= 15 is 0 Å². The molecular weight excluding hydrogens is 156 g/mol. The molecule has 0 saturated carbocycles. The highest BCUT2D eigenvalue weighted by Crippen LogP contribution is 2.17. The van der Waals surface area contributed by atoms with Gasteiger partial charge in [0, 0.05) is 6.42 Å². The topological polar surface area (TPSA) is 58.9 Å². The van der Waals surface area contributed by atoms with Gasteiger partial charge in [0.25, 0.3) is 5.91 Å². The standard InChI is InChI=1S/C8H6N2O2/c11-5-1-2-7-6(3-5)8(12)10-4-9-7/h1-2,4,6H,3H2. The quantitative estimate of drug-likeness (QED) is 0.508. The zero-order valence-electron chi connectivity index (χ0n) is 6.23. The summed E-state index contributed by atoms with van der Waals surface area (Å²) in [7, 11) is 0. The van der Waals surface area contributed by atoms with E-state index in [1.54, 1.807) is 6.08 Å². The van der Waals surface area contributed by atoms with E-state index < -0.39 is 5.92 Å². The van der Waals surface area contributed by atoms with Gasteiger partial charge in [0.1, 0.15) is 6.34 Å². The maximum absolute atomic E-state index is 11.1. The summed E-state index contributed by atoms with van der Waals surface area (Å²) in [6.07, 6.45) is 4.47. The summed E-state index contributed by atoms with van der Waals surface area (Å²) in [5.74, 6) is -0.727. The second-order valence-corrected chi connectivity index (χ2v) is 2.69. The normalized spacial score (nSPS) is 27.0. The van der Waals surface area contributed by atoms with Crippen molar-refractivity contribution in [1.29, 1.82) is 0 Å². The first kappa shape index (κ1) is 7.09. The fourth-order valence-corrected chi connectivity index (χ4v) is 1.26.